The van der Waals surface area contributed by atoms with Crippen LogP contribution in [0.2, 0.25) is 5.15 Å². The lowest BCUT2D eigenvalue weighted by Crippen LogP contribution is -2.22. The van der Waals surface area contributed by atoms with Crippen molar-refractivity contribution in [2.24, 2.45) is 5.73 Å². The van der Waals surface area contributed by atoms with Gasteiger partial charge in [0.15, 0.2) is 5.15 Å². The van der Waals surface area contributed by atoms with Crippen molar-refractivity contribution in [2.75, 3.05) is 0 Å². The fourth-order valence-electron chi connectivity index (χ4n) is 2.10. The van der Waals surface area contributed by atoms with Crippen LogP contribution >= 0.6 is 11.6 Å². The molecule has 0 aliphatic carbocycles. The fourth-order valence-corrected chi connectivity index (χ4v) is 2.44. The van der Waals surface area contributed by atoms with Crippen molar-refractivity contribution in [3.63, 3.8) is 0 Å². The molecule has 0 radical (unpaired) electrons. The first-order chi connectivity index (χ1) is 6.74. The molecule has 0 saturated heterocycles. The SMILES string of the molecule is CCCc1nc(Cl)c2n1CCCC2N. The molecule has 0 fully saturated rings. The largest absolute Gasteiger partial charge is 0.329 e. The molecule has 1 aliphatic heterocycles. The van der Waals surface area contributed by atoms with Gasteiger partial charge in [-0.1, -0.05) is 18.5 Å². The highest BCUT2D eigenvalue weighted by molar-refractivity contribution is 6.30. The first-order valence-corrected chi connectivity index (χ1v) is 5.62. The third kappa shape index (κ3) is 1.55. The molecule has 3 nitrogen and oxygen atoms in total. The summed E-state index contributed by atoms with van der Waals surface area (Å²) in [6.45, 7) is 3.18. The van der Waals surface area contributed by atoms with Crippen molar-refractivity contribution < 1.29 is 0 Å². The minimum atomic E-state index is 0.0781. The molecular formula is C10H16ClN3. The normalized spacial score (nSPS) is 20.9. The van der Waals surface area contributed by atoms with E-state index in [4.69, 9.17) is 17.3 Å². The lowest BCUT2D eigenvalue weighted by molar-refractivity contribution is 0.451. The summed E-state index contributed by atoms with van der Waals surface area (Å²) < 4.78 is 2.21. The van der Waals surface area contributed by atoms with Gasteiger partial charge in [-0.3, -0.25) is 0 Å². The summed E-state index contributed by atoms with van der Waals surface area (Å²) in [5, 5.41) is 0.612. The van der Waals surface area contributed by atoms with Gasteiger partial charge >= 0.3 is 0 Å². The summed E-state index contributed by atoms with van der Waals surface area (Å²) in [6.07, 6.45) is 4.25. The monoisotopic (exact) mass is 213 g/mol. The minimum absolute atomic E-state index is 0.0781. The Morgan fingerprint density at radius 2 is 2.43 bits per heavy atom. The van der Waals surface area contributed by atoms with Crippen LogP contribution in [0.1, 0.15) is 43.7 Å². The molecule has 1 unspecified atom stereocenters. The van der Waals surface area contributed by atoms with Gasteiger partial charge in [0.05, 0.1) is 5.69 Å². The van der Waals surface area contributed by atoms with Crippen LogP contribution in [0, 0.1) is 0 Å². The average molecular weight is 214 g/mol. The van der Waals surface area contributed by atoms with Crippen molar-refractivity contribution in [3.05, 3.63) is 16.7 Å². The molecule has 4 heteroatoms. The number of fused-ring (bicyclic) bond motifs is 1. The first-order valence-electron chi connectivity index (χ1n) is 5.24. The molecule has 1 aliphatic rings. The summed E-state index contributed by atoms with van der Waals surface area (Å²) in [5.74, 6) is 1.10. The summed E-state index contributed by atoms with van der Waals surface area (Å²) in [5.41, 5.74) is 7.05. The lowest BCUT2D eigenvalue weighted by atomic mass is 10.1. The predicted octanol–water partition coefficient (Wildman–Crippen LogP) is 2.28. The molecular weight excluding hydrogens is 198 g/mol. The number of aromatic nitrogens is 2. The van der Waals surface area contributed by atoms with Gasteiger partial charge in [0.1, 0.15) is 5.82 Å². The van der Waals surface area contributed by atoms with Gasteiger partial charge in [-0.15, -0.1) is 0 Å². The maximum absolute atomic E-state index is 6.08. The standard InChI is InChI=1S/C10H16ClN3/c1-2-4-8-13-10(11)9-7(12)5-3-6-14(8)9/h7H,2-6,12H2,1H3. The van der Waals surface area contributed by atoms with E-state index in [0.717, 1.165) is 43.7 Å². The number of nitrogens with two attached hydrogens (primary N) is 1. The smallest absolute Gasteiger partial charge is 0.152 e. The summed E-state index contributed by atoms with van der Waals surface area (Å²) in [6, 6.07) is 0.0781. The molecule has 0 spiro atoms. The van der Waals surface area contributed by atoms with Crippen LogP contribution < -0.4 is 5.73 Å². The highest BCUT2D eigenvalue weighted by Gasteiger charge is 2.23. The topological polar surface area (TPSA) is 43.8 Å². The molecule has 2 rings (SSSR count). The molecule has 0 aromatic carbocycles. The number of halogens is 1. The number of imidazole rings is 1. The Morgan fingerprint density at radius 3 is 3.14 bits per heavy atom. The van der Waals surface area contributed by atoms with E-state index in [0.29, 0.717) is 5.15 Å². The molecule has 1 atom stereocenters. The van der Waals surface area contributed by atoms with E-state index < -0.39 is 0 Å². The number of nitrogens with zero attached hydrogens (tertiary/aromatic N) is 2. The zero-order chi connectivity index (χ0) is 10.1. The second-order valence-electron chi connectivity index (χ2n) is 3.85. The number of hydrogen-bond donors (Lipinski definition) is 1. The van der Waals surface area contributed by atoms with Gasteiger partial charge in [-0.25, -0.2) is 4.98 Å². The van der Waals surface area contributed by atoms with Crippen molar-refractivity contribution in [2.45, 2.75) is 45.2 Å². The lowest BCUT2D eigenvalue weighted by Gasteiger charge is -2.22. The third-order valence-corrected chi connectivity index (χ3v) is 3.04. The van der Waals surface area contributed by atoms with Crippen LogP contribution in [-0.2, 0) is 13.0 Å². The van der Waals surface area contributed by atoms with E-state index in [1.807, 2.05) is 0 Å². The van der Waals surface area contributed by atoms with Crippen LogP contribution in [0.15, 0.2) is 0 Å². The fraction of sp³-hybridized carbons (Fsp3) is 0.700. The van der Waals surface area contributed by atoms with Gasteiger partial charge in [-0.05, 0) is 19.3 Å². The van der Waals surface area contributed by atoms with Crippen LogP contribution in [0.4, 0.5) is 0 Å². The zero-order valence-electron chi connectivity index (χ0n) is 8.46. The van der Waals surface area contributed by atoms with Crippen molar-refractivity contribution >= 4 is 11.6 Å². The maximum Gasteiger partial charge on any atom is 0.152 e. The van der Waals surface area contributed by atoms with E-state index in [-0.39, 0.29) is 6.04 Å². The van der Waals surface area contributed by atoms with Crippen LogP contribution in [0.3, 0.4) is 0 Å². The van der Waals surface area contributed by atoms with E-state index in [1.165, 1.54) is 0 Å². The summed E-state index contributed by atoms with van der Waals surface area (Å²) in [4.78, 5) is 4.38. The molecule has 0 amide bonds. The quantitative estimate of drug-likeness (QED) is 0.819. The number of rotatable bonds is 2. The summed E-state index contributed by atoms with van der Waals surface area (Å²) in [7, 11) is 0. The van der Waals surface area contributed by atoms with E-state index in [9.17, 15) is 0 Å². The second kappa shape index (κ2) is 3.91. The maximum atomic E-state index is 6.08. The van der Waals surface area contributed by atoms with E-state index in [1.54, 1.807) is 0 Å². The average Bonchev–Trinajstić information content (AvgIpc) is 2.46. The number of aryl methyl sites for hydroxylation is 1. The molecule has 2 N–H and O–H groups in total. The molecule has 14 heavy (non-hydrogen) atoms. The summed E-state index contributed by atoms with van der Waals surface area (Å²) >= 11 is 6.08. The zero-order valence-corrected chi connectivity index (χ0v) is 9.22. The van der Waals surface area contributed by atoms with Crippen molar-refractivity contribution in [3.8, 4) is 0 Å². The first kappa shape index (κ1) is 9.99. The Labute approximate surface area is 89.3 Å². The Hall–Kier alpha value is -0.540. The molecule has 0 saturated carbocycles. The van der Waals surface area contributed by atoms with Crippen LogP contribution in [-0.4, -0.2) is 9.55 Å². The molecule has 78 valence electrons. The van der Waals surface area contributed by atoms with Crippen molar-refractivity contribution in [1.82, 2.24) is 9.55 Å². The molecule has 1 aromatic rings. The highest BCUT2D eigenvalue weighted by atomic mass is 35.5. The van der Waals surface area contributed by atoms with Gasteiger partial charge in [0, 0.05) is 19.0 Å². The Morgan fingerprint density at radius 1 is 1.64 bits per heavy atom. The molecule has 1 aromatic heterocycles. The predicted molar refractivity (Wildman–Crippen MR) is 57.4 cm³/mol. The van der Waals surface area contributed by atoms with Crippen molar-refractivity contribution in [1.29, 1.82) is 0 Å². The molecule has 0 bridgehead atoms. The van der Waals surface area contributed by atoms with Crippen LogP contribution in [0.25, 0.3) is 0 Å². The van der Waals surface area contributed by atoms with Crippen LogP contribution in [0.5, 0.6) is 0 Å². The third-order valence-electron chi connectivity index (χ3n) is 2.76. The van der Waals surface area contributed by atoms with Gasteiger partial charge in [0.2, 0.25) is 0 Å². The van der Waals surface area contributed by atoms with E-state index in [2.05, 4.69) is 16.5 Å². The Balaban J connectivity index is 2.41. The Kier molecular flexibility index (Phi) is 2.79. The Bertz CT molecular complexity index is 332. The number of hydrogen-bond acceptors (Lipinski definition) is 2. The highest BCUT2D eigenvalue weighted by Crippen LogP contribution is 2.30. The van der Waals surface area contributed by atoms with Gasteiger partial charge < -0.3 is 10.3 Å². The minimum Gasteiger partial charge on any atom is -0.329 e. The van der Waals surface area contributed by atoms with Gasteiger partial charge in [0.25, 0.3) is 0 Å². The second-order valence-corrected chi connectivity index (χ2v) is 4.21. The molecule has 2 heterocycles. The van der Waals surface area contributed by atoms with E-state index >= 15 is 0 Å². The van der Waals surface area contributed by atoms with Gasteiger partial charge in [-0.2, -0.15) is 0 Å².